The molecule has 2 aliphatic rings. The minimum absolute atomic E-state index is 0.0561. The lowest BCUT2D eigenvalue weighted by molar-refractivity contribution is -0.139. The first-order valence-corrected chi connectivity index (χ1v) is 7.81. The number of carboxylic acids is 1. The molecule has 0 amide bonds. The van der Waals surface area contributed by atoms with Gasteiger partial charge in [0.2, 0.25) is 0 Å². The Balaban J connectivity index is 1.77. The van der Waals surface area contributed by atoms with Crippen LogP contribution in [0.3, 0.4) is 0 Å². The Morgan fingerprint density at radius 3 is 2.73 bits per heavy atom. The molecule has 0 atom stereocenters. The van der Waals surface area contributed by atoms with Gasteiger partial charge < -0.3 is 9.84 Å². The first-order valence-electron chi connectivity index (χ1n) is 7.81. The molecule has 118 valence electrons. The average Bonchev–Trinajstić information content (AvgIpc) is 2.49. The van der Waals surface area contributed by atoms with Crippen LogP contribution < -0.4 is 4.74 Å². The minimum atomic E-state index is -0.811. The van der Waals surface area contributed by atoms with Gasteiger partial charge in [-0.1, -0.05) is 13.0 Å². The number of Topliss-reactive ketones (excluding diaryl/α,β-unsaturated/α-hetero) is 1. The Bertz CT molecular complexity index is 603. The van der Waals surface area contributed by atoms with Gasteiger partial charge in [-0.15, -0.1) is 0 Å². The van der Waals surface area contributed by atoms with Gasteiger partial charge in [-0.3, -0.25) is 14.5 Å². The lowest BCUT2D eigenvalue weighted by atomic mass is 9.82. The summed E-state index contributed by atoms with van der Waals surface area (Å²) < 4.78 is 6.23. The maximum absolute atomic E-state index is 12.4. The third-order valence-electron chi connectivity index (χ3n) is 4.69. The van der Waals surface area contributed by atoms with Gasteiger partial charge in [-0.2, -0.15) is 0 Å². The Morgan fingerprint density at radius 1 is 1.36 bits per heavy atom. The highest BCUT2D eigenvalue weighted by Crippen LogP contribution is 2.39. The number of hydrogen-bond acceptors (Lipinski definition) is 4. The second-order valence-electron chi connectivity index (χ2n) is 6.24. The molecule has 2 heterocycles. The number of piperidine rings is 1. The zero-order chi connectivity index (χ0) is 15.7. The topological polar surface area (TPSA) is 66.8 Å². The Morgan fingerprint density at radius 2 is 2.09 bits per heavy atom. The predicted octanol–water partition coefficient (Wildman–Crippen LogP) is 2.13. The summed E-state index contributed by atoms with van der Waals surface area (Å²) in [6.45, 7) is 3.44. The Kier molecular flexibility index (Phi) is 3.91. The van der Waals surface area contributed by atoms with E-state index < -0.39 is 11.6 Å². The number of ether oxygens (including phenoxy) is 1. The van der Waals surface area contributed by atoms with Crippen LogP contribution >= 0.6 is 0 Å². The molecule has 1 saturated heterocycles. The van der Waals surface area contributed by atoms with Crippen LogP contribution in [0.4, 0.5) is 0 Å². The highest BCUT2D eigenvalue weighted by Gasteiger charge is 2.43. The molecule has 22 heavy (non-hydrogen) atoms. The summed E-state index contributed by atoms with van der Waals surface area (Å²) in [6.07, 6.45) is 2.69. The quantitative estimate of drug-likeness (QED) is 0.926. The number of hydrogen-bond donors (Lipinski definition) is 1. The van der Waals surface area contributed by atoms with Crippen molar-refractivity contribution in [1.29, 1.82) is 0 Å². The molecule has 1 fully saturated rings. The normalized spacial score (nSPS) is 20.5. The summed E-state index contributed by atoms with van der Waals surface area (Å²) in [5, 5.41) is 8.87. The van der Waals surface area contributed by atoms with Crippen molar-refractivity contribution >= 4 is 11.8 Å². The van der Waals surface area contributed by atoms with Crippen LogP contribution in [0, 0.1) is 0 Å². The third-order valence-corrected chi connectivity index (χ3v) is 4.69. The van der Waals surface area contributed by atoms with Crippen molar-refractivity contribution in [2.75, 3.05) is 19.6 Å². The zero-order valence-electron chi connectivity index (χ0n) is 12.8. The number of nitrogens with zero attached hydrogens (tertiary/aromatic N) is 1. The third kappa shape index (κ3) is 2.86. The van der Waals surface area contributed by atoms with Crippen molar-refractivity contribution in [3.8, 4) is 5.75 Å². The van der Waals surface area contributed by atoms with E-state index in [1.165, 1.54) is 0 Å². The van der Waals surface area contributed by atoms with Crippen LogP contribution in [0.15, 0.2) is 18.2 Å². The number of likely N-dealkylation sites (tertiary alicyclic amines) is 1. The van der Waals surface area contributed by atoms with Gasteiger partial charge >= 0.3 is 5.97 Å². The van der Waals surface area contributed by atoms with Crippen LogP contribution in [0.1, 0.15) is 42.1 Å². The van der Waals surface area contributed by atoms with Crippen LogP contribution in [0.25, 0.3) is 0 Å². The van der Waals surface area contributed by atoms with E-state index in [-0.39, 0.29) is 12.3 Å². The average molecular weight is 303 g/mol. The van der Waals surface area contributed by atoms with Crippen LogP contribution in [-0.2, 0) is 11.2 Å². The number of aryl methyl sites for hydroxylation is 1. The van der Waals surface area contributed by atoms with E-state index in [1.54, 1.807) is 0 Å². The van der Waals surface area contributed by atoms with Gasteiger partial charge in [0.05, 0.1) is 18.5 Å². The number of ketones is 1. The lowest BCUT2D eigenvalue weighted by Gasteiger charge is -2.43. The van der Waals surface area contributed by atoms with Gasteiger partial charge in [0.1, 0.15) is 11.4 Å². The van der Waals surface area contributed by atoms with E-state index in [9.17, 15) is 9.59 Å². The fraction of sp³-hybridized carbons (Fsp3) is 0.529. The van der Waals surface area contributed by atoms with E-state index in [2.05, 4.69) is 6.92 Å². The summed E-state index contributed by atoms with van der Waals surface area (Å²) >= 11 is 0. The molecule has 0 aliphatic carbocycles. The predicted molar refractivity (Wildman–Crippen MR) is 81.4 cm³/mol. The summed E-state index contributed by atoms with van der Waals surface area (Å²) in [5.41, 5.74) is 1.38. The monoisotopic (exact) mass is 303 g/mol. The van der Waals surface area contributed by atoms with Gasteiger partial charge in [0.15, 0.2) is 5.78 Å². The maximum atomic E-state index is 12.4. The molecular formula is C17H21NO4. The number of carbonyl (C=O) groups is 2. The largest absolute Gasteiger partial charge is 0.486 e. The first-order chi connectivity index (χ1) is 10.5. The zero-order valence-corrected chi connectivity index (χ0v) is 12.8. The maximum Gasteiger partial charge on any atom is 0.317 e. The molecular weight excluding hydrogens is 282 g/mol. The minimum Gasteiger partial charge on any atom is -0.486 e. The fourth-order valence-electron chi connectivity index (χ4n) is 3.35. The standard InChI is InChI=1S/C17H21NO4/c1-2-12-3-4-13-14(19)10-17(22-15(13)9-12)5-7-18(8-6-17)11-16(20)21/h3-4,9H,2,5-8,10-11H2,1H3,(H,20,21). The summed E-state index contributed by atoms with van der Waals surface area (Å²) in [7, 11) is 0. The van der Waals surface area contributed by atoms with E-state index in [1.807, 2.05) is 23.1 Å². The highest BCUT2D eigenvalue weighted by atomic mass is 16.5. The Hall–Kier alpha value is -1.88. The van der Waals surface area contributed by atoms with Crippen molar-refractivity contribution in [2.45, 2.75) is 38.2 Å². The molecule has 1 aromatic rings. The van der Waals surface area contributed by atoms with E-state index >= 15 is 0 Å². The van der Waals surface area contributed by atoms with Crippen molar-refractivity contribution in [3.63, 3.8) is 0 Å². The van der Waals surface area contributed by atoms with Gasteiger partial charge in [-0.25, -0.2) is 0 Å². The van der Waals surface area contributed by atoms with Crippen molar-refractivity contribution in [1.82, 2.24) is 4.90 Å². The number of carbonyl (C=O) groups excluding carboxylic acids is 1. The number of aliphatic carboxylic acids is 1. The number of fused-ring (bicyclic) bond motifs is 1. The number of carboxylic acid groups (broad SMARTS) is 1. The SMILES string of the molecule is CCc1ccc2c(c1)OC1(CCN(CC(=O)O)CC1)CC2=O. The molecule has 1 N–H and O–H groups in total. The summed E-state index contributed by atoms with van der Waals surface area (Å²) in [6, 6.07) is 5.81. The number of rotatable bonds is 3. The molecule has 5 heteroatoms. The molecule has 3 rings (SSSR count). The molecule has 2 aliphatic heterocycles. The van der Waals surface area contributed by atoms with E-state index in [4.69, 9.17) is 9.84 Å². The first kappa shape index (κ1) is 15.0. The molecule has 1 spiro atoms. The Labute approximate surface area is 129 Å². The van der Waals surface area contributed by atoms with Crippen molar-refractivity contribution in [2.24, 2.45) is 0 Å². The smallest absolute Gasteiger partial charge is 0.317 e. The summed E-state index contributed by atoms with van der Waals surface area (Å²) in [5.74, 6) is 0.0207. The molecule has 0 unspecified atom stereocenters. The van der Waals surface area contributed by atoms with Crippen LogP contribution in [-0.4, -0.2) is 47.0 Å². The molecule has 1 aromatic carbocycles. The van der Waals surface area contributed by atoms with Crippen molar-refractivity contribution in [3.05, 3.63) is 29.3 Å². The van der Waals surface area contributed by atoms with Crippen LogP contribution in [0.2, 0.25) is 0 Å². The highest BCUT2D eigenvalue weighted by molar-refractivity contribution is 6.00. The molecule has 5 nitrogen and oxygen atoms in total. The van der Waals surface area contributed by atoms with Crippen LogP contribution in [0.5, 0.6) is 5.75 Å². The second-order valence-corrected chi connectivity index (χ2v) is 6.24. The molecule has 0 radical (unpaired) electrons. The van der Waals surface area contributed by atoms with E-state index in [0.717, 1.165) is 12.0 Å². The molecule has 0 bridgehead atoms. The second kappa shape index (κ2) is 5.72. The van der Waals surface area contributed by atoms with Gasteiger partial charge in [0, 0.05) is 25.9 Å². The lowest BCUT2D eigenvalue weighted by Crippen LogP contribution is -2.51. The van der Waals surface area contributed by atoms with Gasteiger partial charge in [0.25, 0.3) is 0 Å². The van der Waals surface area contributed by atoms with E-state index in [0.29, 0.717) is 43.7 Å². The molecule has 0 aromatic heterocycles. The number of benzene rings is 1. The fourth-order valence-corrected chi connectivity index (χ4v) is 3.35. The van der Waals surface area contributed by atoms with Gasteiger partial charge in [-0.05, 0) is 24.1 Å². The summed E-state index contributed by atoms with van der Waals surface area (Å²) in [4.78, 5) is 25.1. The molecule has 0 saturated carbocycles. The van der Waals surface area contributed by atoms with Crippen molar-refractivity contribution < 1.29 is 19.4 Å².